The molecule has 0 aliphatic carbocycles. The van der Waals surface area contributed by atoms with Crippen molar-refractivity contribution in [1.82, 2.24) is 15.5 Å². The molecular weight excluding hydrogens is 398 g/mol. The molecule has 0 aromatic carbocycles. The van der Waals surface area contributed by atoms with Gasteiger partial charge in [0.05, 0.1) is 19.1 Å². The number of nitrogens with zero attached hydrogens (tertiary/aromatic N) is 1. The number of rotatable bonds is 11. The van der Waals surface area contributed by atoms with Crippen LogP contribution in [0.2, 0.25) is 0 Å². The van der Waals surface area contributed by atoms with Gasteiger partial charge in [0, 0.05) is 6.54 Å². The number of carbonyl (C=O) groups is 5. The van der Waals surface area contributed by atoms with Crippen molar-refractivity contribution in [2.45, 2.75) is 63.7 Å². The second-order valence-corrected chi connectivity index (χ2v) is 7.41. The van der Waals surface area contributed by atoms with Gasteiger partial charge in [-0.1, -0.05) is 20.3 Å². The van der Waals surface area contributed by atoms with Gasteiger partial charge in [0.1, 0.15) is 18.1 Å². The number of carbonyl (C=O) groups excluding carboxylic acids is 4. The summed E-state index contributed by atoms with van der Waals surface area (Å²) >= 11 is 0. The largest absolute Gasteiger partial charge is 0.480 e. The van der Waals surface area contributed by atoms with Gasteiger partial charge in [-0.05, 0) is 18.8 Å². The minimum absolute atomic E-state index is 0.161. The number of aliphatic carboxylic acids is 1. The summed E-state index contributed by atoms with van der Waals surface area (Å²) in [4.78, 5) is 61.5. The number of carboxylic acid groups (broad SMARTS) is 1. The number of primary amides is 1. The van der Waals surface area contributed by atoms with Gasteiger partial charge >= 0.3 is 5.97 Å². The third-order valence-electron chi connectivity index (χ3n) is 5.22. The fourth-order valence-corrected chi connectivity index (χ4v) is 3.14. The van der Waals surface area contributed by atoms with Crippen molar-refractivity contribution in [2.24, 2.45) is 17.4 Å². The monoisotopic (exact) mass is 429 g/mol. The fourth-order valence-electron chi connectivity index (χ4n) is 3.14. The van der Waals surface area contributed by atoms with E-state index in [1.54, 1.807) is 6.92 Å². The fraction of sp³-hybridized carbons (Fsp3) is 0.722. The molecular formula is C18H31N5O7. The molecule has 0 radical (unpaired) electrons. The third kappa shape index (κ3) is 6.66. The van der Waals surface area contributed by atoms with Crippen molar-refractivity contribution in [3.05, 3.63) is 0 Å². The zero-order valence-corrected chi connectivity index (χ0v) is 17.2. The Balaban J connectivity index is 2.96. The molecule has 0 saturated carbocycles. The summed E-state index contributed by atoms with van der Waals surface area (Å²) in [5.74, 6) is -4.45. The van der Waals surface area contributed by atoms with E-state index in [1.165, 1.54) is 4.90 Å². The van der Waals surface area contributed by atoms with E-state index in [0.717, 1.165) is 0 Å². The first-order valence-electron chi connectivity index (χ1n) is 9.82. The van der Waals surface area contributed by atoms with Crippen molar-refractivity contribution in [3.63, 3.8) is 0 Å². The van der Waals surface area contributed by atoms with E-state index < -0.39 is 66.8 Å². The highest BCUT2D eigenvalue weighted by molar-refractivity contribution is 5.96. The molecule has 170 valence electrons. The van der Waals surface area contributed by atoms with Crippen molar-refractivity contribution in [1.29, 1.82) is 0 Å². The number of amides is 4. The highest BCUT2D eigenvalue weighted by atomic mass is 16.4. The summed E-state index contributed by atoms with van der Waals surface area (Å²) in [7, 11) is 0. The van der Waals surface area contributed by atoms with Crippen LogP contribution in [-0.2, 0) is 24.0 Å². The van der Waals surface area contributed by atoms with E-state index in [9.17, 15) is 24.0 Å². The molecule has 1 heterocycles. The smallest absolute Gasteiger partial charge is 0.328 e. The van der Waals surface area contributed by atoms with E-state index in [1.807, 2.05) is 6.92 Å². The summed E-state index contributed by atoms with van der Waals surface area (Å²) in [5.41, 5.74) is 11.1. The summed E-state index contributed by atoms with van der Waals surface area (Å²) in [6.07, 6.45) is 0.882. The SMILES string of the molecule is CCC(C)C(N)C(=O)NC(CC(N)=O)C(=O)N1CCCC1C(=O)NC(CO)C(=O)O. The molecule has 4 amide bonds. The predicted octanol–water partition coefficient (Wildman–Crippen LogP) is -2.73. The molecule has 0 aromatic heterocycles. The molecule has 1 saturated heterocycles. The Kier molecular flexibility index (Phi) is 9.66. The average molecular weight is 429 g/mol. The molecule has 8 N–H and O–H groups in total. The van der Waals surface area contributed by atoms with Crippen LogP contribution in [0, 0.1) is 5.92 Å². The Hall–Kier alpha value is -2.73. The quantitative estimate of drug-likeness (QED) is 0.203. The number of likely N-dealkylation sites (tertiary alicyclic amines) is 1. The molecule has 5 atom stereocenters. The van der Waals surface area contributed by atoms with Crippen LogP contribution in [0.5, 0.6) is 0 Å². The molecule has 1 fully saturated rings. The Morgan fingerprint density at radius 2 is 1.80 bits per heavy atom. The summed E-state index contributed by atoms with van der Waals surface area (Å²) < 4.78 is 0. The standard InChI is InChI=1S/C18H31N5O7/c1-3-9(2)14(20)16(27)21-10(7-13(19)25)17(28)23-6-4-5-12(23)15(26)22-11(8-24)18(29)30/h9-12,14,24H,3-8,20H2,1-2H3,(H2,19,25)(H,21,27)(H,22,26)(H,29,30). The van der Waals surface area contributed by atoms with Crippen LogP contribution in [0.15, 0.2) is 0 Å². The maximum absolute atomic E-state index is 13.0. The van der Waals surface area contributed by atoms with Crippen LogP contribution in [0.1, 0.15) is 39.5 Å². The molecule has 30 heavy (non-hydrogen) atoms. The van der Waals surface area contributed by atoms with E-state index in [0.29, 0.717) is 12.8 Å². The summed E-state index contributed by atoms with van der Waals surface area (Å²) in [5, 5.41) is 22.7. The second kappa shape index (κ2) is 11.5. The number of carboxylic acids is 1. The first kappa shape index (κ1) is 25.3. The Morgan fingerprint density at radius 3 is 2.30 bits per heavy atom. The number of nitrogens with one attached hydrogen (secondary N) is 2. The Bertz CT molecular complexity index is 671. The van der Waals surface area contributed by atoms with Gasteiger partial charge in [0.15, 0.2) is 0 Å². The van der Waals surface area contributed by atoms with Gasteiger partial charge in [-0.25, -0.2) is 4.79 Å². The lowest BCUT2D eigenvalue weighted by atomic mass is 9.99. The van der Waals surface area contributed by atoms with Crippen molar-refractivity contribution < 1.29 is 34.2 Å². The van der Waals surface area contributed by atoms with Crippen LogP contribution in [-0.4, -0.2) is 82.0 Å². The van der Waals surface area contributed by atoms with Crippen molar-refractivity contribution in [2.75, 3.05) is 13.2 Å². The van der Waals surface area contributed by atoms with E-state index in [2.05, 4.69) is 10.6 Å². The number of hydrogen-bond acceptors (Lipinski definition) is 7. The molecule has 12 nitrogen and oxygen atoms in total. The number of aliphatic hydroxyl groups is 1. The molecule has 0 bridgehead atoms. The lowest BCUT2D eigenvalue weighted by Gasteiger charge is -2.29. The molecule has 1 rings (SSSR count). The van der Waals surface area contributed by atoms with E-state index in [4.69, 9.17) is 21.7 Å². The molecule has 0 aromatic rings. The highest BCUT2D eigenvalue weighted by Gasteiger charge is 2.39. The topological polar surface area (TPSA) is 205 Å². The van der Waals surface area contributed by atoms with Crippen molar-refractivity contribution >= 4 is 29.6 Å². The normalized spacial score (nSPS) is 20.0. The minimum atomic E-state index is -1.51. The summed E-state index contributed by atoms with van der Waals surface area (Å²) in [6.45, 7) is 3.00. The van der Waals surface area contributed by atoms with Gasteiger partial charge in [0.25, 0.3) is 0 Å². The second-order valence-electron chi connectivity index (χ2n) is 7.41. The minimum Gasteiger partial charge on any atom is -0.480 e. The van der Waals surface area contributed by atoms with Crippen LogP contribution in [0.4, 0.5) is 0 Å². The number of nitrogens with two attached hydrogens (primary N) is 2. The molecule has 1 aliphatic rings. The average Bonchev–Trinajstić information content (AvgIpc) is 3.18. The van der Waals surface area contributed by atoms with E-state index in [-0.39, 0.29) is 18.9 Å². The van der Waals surface area contributed by atoms with Gasteiger partial charge in [-0.3, -0.25) is 19.2 Å². The zero-order chi connectivity index (χ0) is 23.0. The van der Waals surface area contributed by atoms with Crippen LogP contribution in [0.25, 0.3) is 0 Å². The van der Waals surface area contributed by atoms with Crippen LogP contribution < -0.4 is 22.1 Å². The molecule has 0 spiro atoms. The highest BCUT2D eigenvalue weighted by Crippen LogP contribution is 2.20. The lowest BCUT2D eigenvalue weighted by molar-refractivity contribution is -0.146. The Morgan fingerprint density at radius 1 is 1.17 bits per heavy atom. The Labute approximate surface area is 174 Å². The zero-order valence-electron chi connectivity index (χ0n) is 17.2. The van der Waals surface area contributed by atoms with Gasteiger partial charge in [-0.15, -0.1) is 0 Å². The maximum atomic E-state index is 13.0. The lowest BCUT2D eigenvalue weighted by Crippen LogP contribution is -2.58. The third-order valence-corrected chi connectivity index (χ3v) is 5.22. The number of aliphatic hydroxyl groups excluding tert-OH is 1. The number of hydrogen-bond donors (Lipinski definition) is 6. The summed E-state index contributed by atoms with van der Waals surface area (Å²) in [6, 6.07) is -4.70. The van der Waals surface area contributed by atoms with Crippen molar-refractivity contribution in [3.8, 4) is 0 Å². The maximum Gasteiger partial charge on any atom is 0.328 e. The van der Waals surface area contributed by atoms with Crippen LogP contribution >= 0.6 is 0 Å². The molecule has 1 aliphatic heterocycles. The van der Waals surface area contributed by atoms with Crippen LogP contribution in [0.3, 0.4) is 0 Å². The molecule has 12 heteroatoms. The van der Waals surface area contributed by atoms with Gasteiger partial charge in [-0.2, -0.15) is 0 Å². The first-order valence-corrected chi connectivity index (χ1v) is 9.82. The molecule has 5 unspecified atom stereocenters. The van der Waals surface area contributed by atoms with Gasteiger partial charge in [0.2, 0.25) is 23.6 Å². The van der Waals surface area contributed by atoms with Gasteiger partial charge < -0.3 is 37.2 Å². The first-order chi connectivity index (χ1) is 14.0. The predicted molar refractivity (Wildman–Crippen MR) is 105 cm³/mol. The van der Waals surface area contributed by atoms with E-state index >= 15 is 0 Å².